The second kappa shape index (κ2) is 2.61. The summed E-state index contributed by atoms with van der Waals surface area (Å²) in [5.74, 6) is 0.0856. The van der Waals surface area contributed by atoms with E-state index in [1.807, 2.05) is 0 Å². The first-order chi connectivity index (χ1) is 3.18. The molecule has 0 fully saturated rings. The Morgan fingerprint density at radius 2 is 1.86 bits per heavy atom. The highest BCUT2D eigenvalue weighted by Gasteiger charge is 1.88. The fraction of sp³-hybridized carbons (Fsp3) is 0.600. The van der Waals surface area contributed by atoms with Crippen LogP contribution in [0, 0.1) is 0 Å². The van der Waals surface area contributed by atoms with Crippen LogP contribution >= 0.6 is 0 Å². The van der Waals surface area contributed by atoms with Crippen LogP contribution in [0.1, 0.15) is 13.8 Å². The Balaban J connectivity index is 3.72. The quantitative estimate of drug-likeness (QED) is 0.461. The van der Waals surface area contributed by atoms with Crippen molar-refractivity contribution in [2.24, 2.45) is 0 Å². The summed E-state index contributed by atoms with van der Waals surface area (Å²) < 4.78 is 16.4. The largest absolute Gasteiger partial charge is 0.499 e. The third kappa shape index (κ3) is 2.20. The van der Waals surface area contributed by atoms with Gasteiger partial charge < -0.3 is 4.74 Å². The van der Waals surface area contributed by atoms with Crippen molar-refractivity contribution in [3.05, 3.63) is 11.6 Å². The zero-order chi connectivity index (χ0) is 5.86. The van der Waals surface area contributed by atoms with Gasteiger partial charge in [0, 0.05) is 0 Å². The van der Waals surface area contributed by atoms with Gasteiger partial charge in [-0.3, -0.25) is 0 Å². The van der Waals surface area contributed by atoms with E-state index in [2.05, 4.69) is 4.74 Å². The molecule has 0 spiro atoms. The lowest BCUT2D eigenvalue weighted by Crippen LogP contribution is -1.79. The summed E-state index contributed by atoms with van der Waals surface area (Å²) >= 11 is 0. The highest BCUT2D eigenvalue weighted by atomic mass is 19.1. The van der Waals surface area contributed by atoms with Crippen LogP contribution in [0.5, 0.6) is 0 Å². The van der Waals surface area contributed by atoms with Crippen LogP contribution in [0.3, 0.4) is 0 Å². The van der Waals surface area contributed by atoms with Crippen LogP contribution in [-0.2, 0) is 4.74 Å². The van der Waals surface area contributed by atoms with Crippen molar-refractivity contribution in [1.82, 2.24) is 0 Å². The topological polar surface area (TPSA) is 9.23 Å². The third-order valence-electron chi connectivity index (χ3n) is 0.791. The first-order valence-corrected chi connectivity index (χ1v) is 2.05. The molecule has 2 heteroatoms. The molecule has 0 bridgehead atoms. The van der Waals surface area contributed by atoms with Gasteiger partial charge in [0.25, 0.3) is 0 Å². The van der Waals surface area contributed by atoms with Gasteiger partial charge >= 0.3 is 0 Å². The number of halogens is 1. The lowest BCUT2D eigenvalue weighted by molar-refractivity contribution is 0.277. The smallest absolute Gasteiger partial charge is 0.134 e. The van der Waals surface area contributed by atoms with Crippen LogP contribution in [0.4, 0.5) is 4.39 Å². The van der Waals surface area contributed by atoms with Gasteiger partial charge in [-0.1, -0.05) is 0 Å². The van der Waals surface area contributed by atoms with E-state index in [-0.39, 0.29) is 5.83 Å². The Morgan fingerprint density at radius 3 is 1.86 bits per heavy atom. The van der Waals surface area contributed by atoms with Gasteiger partial charge in [0.1, 0.15) is 11.6 Å². The molecule has 7 heavy (non-hydrogen) atoms. The predicted molar refractivity (Wildman–Crippen MR) is 26.5 cm³/mol. The van der Waals surface area contributed by atoms with Gasteiger partial charge in [0.05, 0.1) is 7.11 Å². The molecule has 42 valence electrons. The molecule has 0 aromatic carbocycles. The minimum Gasteiger partial charge on any atom is -0.499 e. The zero-order valence-corrected chi connectivity index (χ0v) is 4.79. The van der Waals surface area contributed by atoms with E-state index >= 15 is 0 Å². The van der Waals surface area contributed by atoms with Crippen molar-refractivity contribution < 1.29 is 9.13 Å². The fourth-order valence-corrected chi connectivity index (χ4v) is 0.141. The summed E-state index contributed by atoms with van der Waals surface area (Å²) in [6, 6.07) is 0. The number of allylic oxidation sites excluding steroid dienone is 2. The fourth-order valence-electron chi connectivity index (χ4n) is 0.141. The van der Waals surface area contributed by atoms with E-state index in [0.29, 0.717) is 5.76 Å². The second-order valence-corrected chi connectivity index (χ2v) is 1.29. The Hall–Kier alpha value is -0.530. The summed E-state index contributed by atoms with van der Waals surface area (Å²) in [6.45, 7) is 2.94. The summed E-state index contributed by atoms with van der Waals surface area (Å²) in [4.78, 5) is 0. The number of hydrogen-bond acceptors (Lipinski definition) is 1. The molecule has 0 heterocycles. The van der Waals surface area contributed by atoms with E-state index in [0.717, 1.165) is 0 Å². The normalized spacial score (nSPS) is 13.1. The van der Waals surface area contributed by atoms with Crippen LogP contribution in [0.15, 0.2) is 11.6 Å². The number of hydrogen-bond donors (Lipinski definition) is 0. The summed E-state index contributed by atoms with van der Waals surface area (Å²) in [5.41, 5.74) is 0. The maximum Gasteiger partial charge on any atom is 0.134 e. The molecule has 0 saturated carbocycles. The predicted octanol–water partition coefficient (Wildman–Crippen LogP) is 1.85. The molecule has 1 nitrogen and oxygen atoms in total. The van der Waals surface area contributed by atoms with Crippen molar-refractivity contribution in [2.75, 3.05) is 7.11 Å². The molecule has 0 aromatic heterocycles. The number of ether oxygens (including phenoxy) is 1. The minimum atomic E-state index is -0.262. The number of methoxy groups -OCH3 is 1. The molecule has 0 aliphatic rings. The van der Waals surface area contributed by atoms with Crippen molar-refractivity contribution in [1.29, 1.82) is 0 Å². The van der Waals surface area contributed by atoms with Crippen molar-refractivity contribution in [3.63, 3.8) is 0 Å². The van der Waals surface area contributed by atoms with Crippen LogP contribution in [-0.4, -0.2) is 7.11 Å². The van der Waals surface area contributed by atoms with Gasteiger partial charge in [-0.2, -0.15) is 0 Å². The Labute approximate surface area is 42.8 Å². The van der Waals surface area contributed by atoms with Crippen LogP contribution in [0.2, 0.25) is 0 Å². The maximum absolute atomic E-state index is 11.8. The molecule has 0 saturated heterocycles. The van der Waals surface area contributed by atoms with E-state index in [4.69, 9.17) is 0 Å². The molecule has 0 aromatic rings. The third-order valence-corrected chi connectivity index (χ3v) is 0.791. The van der Waals surface area contributed by atoms with Crippen molar-refractivity contribution in [3.8, 4) is 0 Å². The molecule has 0 amide bonds. The first kappa shape index (κ1) is 6.47. The van der Waals surface area contributed by atoms with Crippen molar-refractivity contribution in [2.45, 2.75) is 13.8 Å². The molecule has 0 aliphatic carbocycles. The lowest BCUT2D eigenvalue weighted by atomic mass is 10.5. The van der Waals surface area contributed by atoms with Crippen LogP contribution in [0.25, 0.3) is 0 Å². The molecule has 0 aliphatic heterocycles. The molecule has 0 rings (SSSR count). The molecule has 0 atom stereocenters. The molecule has 0 unspecified atom stereocenters. The van der Waals surface area contributed by atoms with E-state index in [9.17, 15) is 4.39 Å². The van der Waals surface area contributed by atoms with Gasteiger partial charge in [0.15, 0.2) is 0 Å². The average Bonchev–Trinajstić information content (AvgIpc) is 1.65. The highest BCUT2D eigenvalue weighted by molar-refractivity contribution is 4.92. The Morgan fingerprint density at radius 1 is 1.43 bits per heavy atom. The van der Waals surface area contributed by atoms with E-state index in [1.54, 1.807) is 6.92 Å². The SMILES string of the molecule is CO/C(C)=C(\C)F. The average molecular weight is 104 g/mol. The molecule has 0 N–H and O–H groups in total. The summed E-state index contributed by atoms with van der Waals surface area (Å²) in [6.07, 6.45) is 0. The second-order valence-electron chi connectivity index (χ2n) is 1.29. The van der Waals surface area contributed by atoms with Gasteiger partial charge in [-0.25, -0.2) is 4.39 Å². The summed E-state index contributed by atoms with van der Waals surface area (Å²) in [5, 5.41) is 0. The van der Waals surface area contributed by atoms with Crippen molar-refractivity contribution >= 4 is 0 Å². The first-order valence-electron chi connectivity index (χ1n) is 2.05. The van der Waals surface area contributed by atoms with Gasteiger partial charge in [0.2, 0.25) is 0 Å². The zero-order valence-electron chi connectivity index (χ0n) is 4.79. The van der Waals surface area contributed by atoms with E-state index < -0.39 is 0 Å². The van der Waals surface area contributed by atoms with Crippen LogP contribution < -0.4 is 0 Å². The summed E-state index contributed by atoms with van der Waals surface area (Å²) in [7, 11) is 1.44. The molecular formula is C5H9FO. The number of rotatable bonds is 1. The van der Waals surface area contributed by atoms with E-state index in [1.165, 1.54) is 14.0 Å². The standard InChI is InChI=1S/C5H9FO/c1-4(6)5(2)7-3/h1-3H3/b5-4+. The highest BCUT2D eigenvalue weighted by Crippen LogP contribution is 2.02. The molecular weight excluding hydrogens is 95.1 g/mol. The Bertz CT molecular complexity index is 82.1. The van der Waals surface area contributed by atoms with Gasteiger partial charge in [-0.05, 0) is 13.8 Å². The Kier molecular flexibility index (Phi) is 2.41. The van der Waals surface area contributed by atoms with Gasteiger partial charge in [-0.15, -0.1) is 0 Å². The molecule has 0 radical (unpaired) electrons. The minimum absolute atomic E-state index is 0.262. The lowest BCUT2D eigenvalue weighted by Gasteiger charge is -1.95. The maximum atomic E-state index is 11.8. The monoisotopic (exact) mass is 104 g/mol.